The van der Waals surface area contributed by atoms with Gasteiger partial charge in [-0.3, -0.25) is 0 Å². The molecule has 0 unspecified atom stereocenters. The van der Waals surface area contributed by atoms with Crippen LogP contribution in [0.15, 0.2) is 24.8 Å². The van der Waals surface area contributed by atoms with Crippen LogP contribution in [-0.2, 0) is 6.54 Å². The van der Waals surface area contributed by atoms with E-state index in [4.69, 9.17) is 9.84 Å². The number of imidazole rings is 1. The molecule has 0 fully saturated rings. The Balaban J connectivity index is 0.00000180. The molecule has 0 saturated heterocycles. The van der Waals surface area contributed by atoms with Crippen molar-refractivity contribution in [1.82, 2.24) is 9.55 Å². The molecule has 0 amide bonds. The summed E-state index contributed by atoms with van der Waals surface area (Å²) in [5.41, 5.74) is 0.750. The maximum atomic E-state index is 10.4. The highest BCUT2D eigenvalue weighted by Gasteiger charge is 2.11. The van der Waals surface area contributed by atoms with Crippen molar-refractivity contribution in [3.8, 4) is 10.1 Å². The highest BCUT2D eigenvalue weighted by Crippen LogP contribution is 2.35. The minimum absolute atomic E-state index is 0. The molecule has 6 nitrogen and oxygen atoms in total. The first-order valence-electron chi connectivity index (χ1n) is 5.25. The average Bonchev–Trinajstić information content (AvgIpc) is 2.90. The molecule has 2 rings (SSSR count). The van der Waals surface area contributed by atoms with E-state index in [-0.39, 0.29) is 12.4 Å². The Labute approximate surface area is 120 Å². The summed E-state index contributed by atoms with van der Waals surface area (Å²) < 4.78 is 12.0. The molecule has 0 aliphatic carbocycles. The molecule has 0 spiro atoms. The molecule has 104 valence electrons. The molecule has 1 N–H and O–H groups in total. The van der Waals surface area contributed by atoms with Crippen LogP contribution < -0.4 is 9.47 Å². The van der Waals surface area contributed by atoms with E-state index in [2.05, 4.69) is 9.72 Å². The molecule has 2 aromatic rings. The largest absolute Gasteiger partial charge is 0.512 e. The van der Waals surface area contributed by atoms with Crippen LogP contribution in [0.5, 0.6) is 10.1 Å². The van der Waals surface area contributed by atoms with E-state index in [1.54, 1.807) is 25.5 Å². The first-order chi connectivity index (χ1) is 8.65. The SMILES string of the molecule is Cc1cc(OCCn2ccnc2)sc1OC(=O)O.Cl. The number of carbonyl (C=O) groups is 1. The molecule has 0 aliphatic rings. The molecule has 19 heavy (non-hydrogen) atoms. The van der Waals surface area contributed by atoms with Gasteiger partial charge < -0.3 is 19.1 Å². The standard InChI is InChI=1S/C11H12N2O4S.ClH/c1-8-6-9(18-10(8)17-11(14)15)16-5-4-13-3-2-12-7-13;/h2-3,6-7H,4-5H2,1H3,(H,14,15);1H. The molecule has 0 radical (unpaired) electrons. The third kappa shape index (κ3) is 4.46. The molecule has 0 bridgehead atoms. The van der Waals surface area contributed by atoms with E-state index in [1.807, 2.05) is 10.8 Å². The van der Waals surface area contributed by atoms with Gasteiger partial charge in [-0.25, -0.2) is 9.78 Å². The Bertz CT molecular complexity index is 527. The molecular weight excluding hydrogens is 292 g/mol. The van der Waals surface area contributed by atoms with Gasteiger partial charge in [-0.2, -0.15) is 0 Å². The predicted molar refractivity (Wildman–Crippen MR) is 72.7 cm³/mol. The summed E-state index contributed by atoms with van der Waals surface area (Å²) >= 11 is 1.17. The van der Waals surface area contributed by atoms with Gasteiger partial charge >= 0.3 is 6.16 Å². The summed E-state index contributed by atoms with van der Waals surface area (Å²) in [7, 11) is 0. The predicted octanol–water partition coefficient (Wildman–Crippen LogP) is 2.81. The Hall–Kier alpha value is -1.73. The number of carboxylic acid groups (broad SMARTS) is 1. The van der Waals surface area contributed by atoms with Crippen LogP contribution >= 0.6 is 23.7 Å². The third-order valence-corrected chi connectivity index (χ3v) is 3.21. The number of hydrogen-bond donors (Lipinski definition) is 1. The van der Waals surface area contributed by atoms with Gasteiger partial charge in [0.05, 0.1) is 12.9 Å². The Kier molecular flexibility index (Phi) is 5.65. The monoisotopic (exact) mass is 304 g/mol. The molecule has 0 saturated carbocycles. The molecule has 0 atom stereocenters. The van der Waals surface area contributed by atoms with Crippen LogP contribution in [0, 0.1) is 6.92 Å². The highest BCUT2D eigenvalue weighted by atomic mass is 35.5. The summed E-state index contributed by atoms with van der Waals surface area (Å²) in [6.45, 7) is 2.95. The van der Waals surface area contributed by atoms with Crippen molar-refractivity contribution in [3.63, 3.8) is 0 Å². The fraction of sp³-hybridized carbons (Fsp3) is 0.273. The van der Waals surface area contributed by atoms with E-state index >= 15 is 0 Å². The zero-order valence-electron chi connectivity index (χ0n) is 10.1. The number of hydrogen-bond acceptors (Lipinski definition) is 5. The number of rotatable bonds is 5. The average molecular weight is 305 g/mol. The number of thiophene rings is 1. The lowest BCUT2D eigenvalue weighted by molar-refractivity contribution is 0.145. The maximum Gasteiger partial charge on any atom is 0.512 e. The summed E-state index contributed by atoms with van der Waals surface area (Å²) in [5, 5.41) is 9.52. The topological polar surface area (TPSA) is 73.6 Å². The first kappa shape index (κ1) is 15.3. The second kappa shape index (κ2) is 7.01. The number of aryl methyl sites for hydroxylation is 1. The lowest BCUT2D eigenvalue weighted by Gasteiger charge is -2.03. The maximum absolute atomic E-state index is 10.4. The van der Waals surface area contributed by atoms with E-state index in [0.717, 1.165) is 5.56 Å². The van der Waals surface area contributed by atoms with Crippen molar-refractivity contribution in [3.05, 3.63) is 30.4 Å². The van der Waals surface area contributed by atoms with E-state index in [0.29, 0.717) is 23.3 Å². The zero-order valence-corrected chi connectivity index (χ0v) is 11.7. The molecule has 0 aromatic carbocycles. The molecule has 0 aliphatic heterocycles. The quantitative estimate of drug-likeness (QED) is 0.860. The van der Waals surface area contributed by atoms with Crippen LogP contribution in [-0.4, -0.2) is 27.4 Å². The molecular formula is C11H13ClN2O4S. The minimum atomic E-state index is -1.31. The summed E-state index contributed by atoms with van der Waals surface area (Å²) in [5.74, 6) is 0. The van der Waals surface area contributed by atoms with Crippen molar-refractivity contribution in [1.29, 1.82) is 0 Å². The smallest absolute Gasteiger partial charge is 0.482 e. The van der Waals surface area contributed by atoms with Gasteiger partial charge in [0.2, 0.25) is 0 Å². The van der Waals surface area contributed by atoms with E-state index in [1.165, 1.54) is 11.3 Å². The van der Waals surface area contributed by atoms with Gasteiger partial charge in [0, 0.05) is 18.0 Å². The number of halogens is 1. The van der Waals surface area contributed by atoms with Gasteiger partial charge in [-0.15, -0.1) is 12.4 Å². The van der Waals surface area contributed by atoms with E-state index in [9.17, 15) is 4.79 Å². The van der Waals surface area contributed by atoms with Crippen molar-refractivity contribution >= 4 is 29.9 Å². The Morgan fingerprint density at radius 1 is 1.58 bits per heavy atom. The lowest BCUT2D eigenvalue weighted by Crippen LogP contribution is -2.05. The van der Waals surface area contributed by atoms with Crippen LogP contribution in [0.25, 0.3) is 0 Å². The van der Waals surface area contributed by atoms with Crippen molar-refractivity contribution in [2.75, 3.05) is 6.61 Å². The second-order valence-corrected chi connectivity index (χ2v) is 4.53. The lowest BCUT2D eigenvalue weighted by atomic mass is 10.4. The molecule has 2 heterocycles. The summed E-state index contributed by atoms with van der Waals surface area (Å²) in [4.78, 5) is 14.4. The highest BCUT2D eigenvalue weighted by molar-refractivity contribution is 7.15. The summed E-state index contributed by atoms with van der Waals surface area (Å²) in [6.07, 6.45) is 3.95. The van der Waals surface area contributed by atoms with Gasteiger partial charge in [-0.05, 0) is 13.0 Å². The molecule has 8 heteroatoms. The first-order valence-corrected chi connectivity index (χ1v) is 6.06. The Morgan fingerprint density at radius 2 is 2.37 bits per heavy atom. The number of aromatic nitrogens is 2. The van der Waals surface area contributed by atoms with E-state index < -0.39 is 6.16 Å². The zero-order chi connectivity index (χ0) is 13.0. The van der Waals surface area contributed by atoms with Gasteiger partial charge in [0.25, 0.3) is 0 Å². The van der Waals surface area contributed by atoms with Gasteiger partial charge in [0.15, 0.2) is 10.1 Å². The van der Waals surface area contributed by atoms with Crippen molar-refractivity contribution in [2.24, 2.45) is 0 Å². The summed E-state index contributed by atoms with van der Waals surface area (Å²) in [6, 6.07) is 1.76. The van der Waals surface area contributed by atoms with Crippen molar-refractivity contribution < 1.29 is 19.4 Å². The third-order valence-electron chi connectivity index (χ3n) is 2.18. The van der Waals surface area contributed by atoms with Crippen LogP contribution in [0.4, 0.5) is 4.79 Å². The van der Waals surface area contributed by atoms with Gasteiger partial charge in [-0.1, -0.05) is 11.3 Å². The Morgan fingerprint density at radius 3 is 3.00 bits per heavy atom. The van der Waals surface area contributed by atoms with Gasteiger partial charge in [0.1, 0.15) is 6.61 Å². The minimum Gasteiger partial charge on any atom is -0.482 e. The van der Waals surface area contributed by atoms with Crippen LogP contribution in [0.1, 0.15) is 5.56 Å². The second-order valence-electron chi connectivity index (χ2n) is 3.55. The fourth-order valence-corrected chi connectivity index (χ4v) is 2.25. The number of ether oxygens (including phenoxy) is 2. The number of nitrogens with zero attached hydrogens (tertiary/aromatic N) is 2. The normalized spacial score (nSPS) is 9.74. The van der Waals surface area contributed by atoms with Crippen LogP contribution in [0.3, 0.4) is 0 Å². The molecule has 2 aromatic heterocycles. The fourth-order valence-electron chi connectivity index (χ4n) is 1.36. The van der Waals surface area contributed by atoms with Crippen molar-refractivity contribution in [2.45, 2.75) is 13.5 Å². The van der Waals surface area contributed by atoms with Crippen LogP contribution in [0.2, 0.25) is 0 Å².